The second kappa shape index (κ2) is 7.71. The Morgan fingerprint density at radius 2 is 2.14 bits per heavy atom. The first kappa shape index (κ1) is 15.4. The summed E-state index contributed by atoms with van der Waals surface area (Å²) in [6.07, 6.45) is 1.07. The summed E-state index contributed by atoms with van der Waals surface area (Å²) in [6.45, 7) is 5.33. The molecule has 2 aromatic rings. The maximum atomic E-state index is 9.91. The molecule has 0 radical (unpaired) electrons. The average molecular weight is 287 g/mol. The quantitative estimate of drug-likeness (QED) is 0.810. The SMILES string of the molecule is Cc1ccc(OCC(O)CNCc2cccnn2)c(C)c1. The van der Waals surface area contributed by atoms with Gasteiger partial charge in [-0.2, -0.15) is 10.2 Å². The number of nitrogens with zero attached hydrogens (tertiary/aromatic N) is 2. The van der Waals surface area contributed by atoms with E-state index in [1.165, 1.54) is 5.56 Å². The second-order valence-electron chi connectivity index (χ2n) is 5.08. The van der Waals surface area contributed by atoms with Gasteiger partial charge in [-0.15, -0.1) is 0 Å². The number of ether oxygens (including phenoxy) is 1. The van der Waals surface area contributed by atoms with E-state index < -0.39 is 6.10 Å². The topological polar surface area (TPSA) is 67.3 Å². The van der Waals surface area contributed by atoms with Gasteiger partial charge in [-0.1, -0.05) is 17.7 Å². The van der Waals surface area contributed by atoms with E-state index in [4.69, 9.17) is 4.74 Å². The first-order valence-corrected chi connectivity index (χ1v) is 7.00. The van der Waals surface area contributed by atoms with Crippen molar-refractivity contribution in [2.24, 2.45) is 0 Å². The number of aromatic nitrogens is 2. The van der Waals surface area contributed by atoms with Gasteiger partial charge >= 0.3 is 0 Å². The number of hydrogen-bond acceptors (Lipinski definition) is 5. The molecular formula is C16H21N3O2. The molecule has 5 heteroatoms. The van der Waals surface area contributed by atoms with Crippen LogP contribution in [-0.2, 0) is 6.54 Å². The fourth-order valence-corrected chi connectivity index (χ4v) is 2.00. The van der Waals surface area contributed by atoms with Crippen LogP contribution in [0.4, 0.5) is 0 Å². The predicted octanol–water partition coefficient (Wildman–Crippen LogP) is 1.62. The number of aryl methyl sites for hydroxylation is 2. The van der Waals surface area contributed by atoms with Crippen molar-refractivity contribution in [2.75, 3.05) is 13.2 Å². The molecule has 0 saturated carbocycles. The molecule has 1 aromatic carbocycles. The van der Waals surface area contributed by atoms with Gasteiger partial charge in [0.05, 0.1) is 5.69 Å². The summed E-state index contributed by atoms with van der Waals surface area (Å²) in [4.78, 5) is 0. The van der Waals surface area contributed by atoms with Crippen molar-refractivity contribution in [3.63, 3.8) is 0 Å². The molecule has 1 aromatic heterocycles. The summed E-state index contributed by atoms with van der Waals surface area (Å²) in [5.74, 6) is 0.813. The highest BCUT2D eigenvalue weighted by Crippen LogP contribution is 2.18. The fourth-order valence-electron chi connectivity index (χ4n) is 2.00. The summed E-state index contributed by atoms with van der Waals surface area (Å²) in [5.41, 5.74) is 3.13. The highest BCUT2D eigenvalue weighted by Gasteiger charge is 2.07. The van der Waals surface area contributed by atoms with Crippen LogP contribution in [0.5, 0.6) is 5.75 Å². The highest BCUT2D eigenvalue weighted by atomic mass is 16.5. The Morgan fingerprint density at radius 3 is 2.86 bits per heavy atom. The van der Waals surface area contributed by atoms with Crippen LogP contribution in [0.15, 0.2) is 36.5 Å². The van der Waals surface area contributed by atoms with Gasteiger partial charge < -0.3 is 15.2 Å². The summed E-state index contributed by atoms with van der Waals surface area (Å²) >= 11 is 0. The number of rotatable bonds is 7. The summed E-state index contributed by atoms with van der Waals surface area (Å²) < 4.78 is 5.64. The molecule has 21 heavy (non-hydrogen) atoms. The van der Waals surface area contributed by atoms with Gasteiger partial charge in [0.1, 0.15) is 18.5 Å². The van der Waals surface area contributed by atoms with Crippen LogP contribution in [0, 0.1) is 13.8 Å². The van der Waals surface area contributed by atoms with Crippen molar-refractivity contribution >= 4 is 0 Å². The Bertz CT molecular complexity index is 561. The number of hydrogen-bond donors (Lipinski definition) is 2. The molecule has 0 aliphatic rings. The zero-order chi connectivity index (χ0) is 15.1. The Balaban J connectivity index is 1.71. The van der Waals surface area contributed by atoms with Crippen LogP contribution in [0.1, 0.15) is 16.8 Å². The number of aliphatic hydroxyl groups is 1. The van der Waals surface area contributed by atoms with Crippen molar-refractivity contribution in [2.45, 2.75) is 26.5 Å². The summed E-state index contributed by atoms with van der Waals surface area (Å²) in [5, 5.41) is 20.8. The van der Waals surface area contributed by atoms with Gasteiger partial charge in [-0.25, -0.2) is 0 Å². The van der Waals surface area contributed by atoms with Crippen molar-refractivity contribution in [1.82, 2.24) is 15.5 Å². The van der Waals surface area contributed by atoms with Gasteiger partial charge in [0.2, 0.25) is 0 Å². The van der Waals surface area contributed by atoms with Crippen LogP contribution in [-0.4, -0.2) is 34.6 Å². The van der Waals surface area contributed by atoms with Crippen molar-refractivity contribution in [3.05, 3.63) is 53.3 Å². The van der Waals surface area contributed by atoms with E-state index in [2.05, 4.69) is 21.6 Å². The average Bonchev–Trinajstić information content (AvgIpc) is 2.47. The summed E-state index contributed by atoms with van der Waals surface area (Å²) in [6, 6.07) is 9.72. The van der Waals surface area contributed by atoms with Crippen LogP contribution in [0.3, 0.4) is 0 Å². The van der Waals surface area contributed by atoms with Gasteiger partial charge in [-0.05, 0) is 37.6 Å². The van der Waals surface area contributed by atoms with Gasteiger partial charge in [0.15, 0.2) is 0 Å². The largest absolute Gasteiger partial charge is 0.491 e. The zero-order valence-corrected chi connectivity index (χ0v) is 12.4. The summed E-state index contributed by atoms with van der Waals surface area (Å²) in [7, 11) is 0. The fraction of sp³-hybridized carbons (Fsp3) is 0.375. The van der Waals surface area contributed by atoms with E-state index in [9.17, 15) is 5.11 Å². The molecule has 112 valence electrons. The van der Waals surface area contributed by atoms with E-state index in [1.807, 2.05) is 38.1 Å². The third-order valence-electron chi connectivity index (χ3n) is 3.08. The first-order chi connectivity index (χ1) is 10.1. The van der Waals surface area contributed by atoms with E-state index in [-0.39, 0.29) is 6.61 Å². The zero-order valence-electron chi connectivity index (χ0n) is 12.4. The van der Waals surface area contributed by atoms with Crippen LogP contribution < -0.4 is 10.1 Å². The third kappa shape index (κ3) is 5.13. The monoisotopic (exact) mass is 287 g/mol. The molecule has 5 nitrogen and oxygen atoms in total. The van der Waals surface area contributed by atoms with Crippen LogP contribution >= 0.6 is 0 Å². The van der Waals surface area contributed by atoms with Crippen LogP contribution in [0.25, 0.3) is 0 Å². The molecule has 0 aliphatic carbocycles. The molecule has 0 spiro atoms. The van der Waals surface area contributed by atoms with E-state index in [0.29, 0.717) is 13.1 Å². The predicted molar refractivity (Wildman–Crippen MR) is 81.2 cm³/mol. The van der Waals surface area contributed by atoms with Crippen LogP contribution in [0.2, 0.25) is 0 Å². The lowest BCUT2D eigenvalue weighted by molar-refractivity contribution is 0.105. The second-order valence-corrected chi connectivity index (χ2v) is 5.08. The number of nitrogens with one attached hydrogen (secondary N) is 1. The molecule has 0 amide bonds. The lowest BCUT2D eigenvalue weighted by atomic mass is 10.1. The lowest BCUT2D eigenvalue weighted by Gasteiger charge is -2.14. The van der Waals surface area contributed by atoms with Crippen molar-refractivity contribution in [3.8, 4) is 5.75 Å². The third-order valence-corrected chi connectivity index (χ3v) is 3.08. The molecule has 1 heterocycles. The normalized spacial score (nSPS) is 12.1. The number of benzene rings is 1. The standard InChI is InChI=1S/C16H21N3O2/c1-12-5-6-16(13(2)8-12)21-11-15(20)10-17-9-14-4-3-7-18-19-14/h3-8,15,17,20H,9-11H2,1-2H3. The molecule has 0 aliphatic heterocycles. The minimum absolute atomic E-state index is 0.261. The van der Waals surface area contributed by atoms with Crippen molar-refractivity contribution < 1.29 is 9.84 Å². The Labute approximate surface area is 125 Å². The van der Waals surface area contributed by atoms with E-state index >= 15 is 0 Å². The molecule has 1 atom stereocenters. The lowest BCUT2D eigenvalue weighted by Crippen LogP contribution is -2.31. The first-order valence-electron chi connectivity index (χ1n) is 7.00. The minimum Gasteiger partial charge on any atom is -0.491 e. The molecule has 2 N–H and O–H groups in total. The molecule has 0 bridgehead atoms. The maximum Gasteiger partial charge on any atom is 0.122 e. The minimum atomic E-state index is -0.567. The molecule has 1 unspecified atom stereocenters. The van der Waals surface area contributed by atoms with Gasteiger partial charge in [-0.3, -0.25) is 0 Å². The van der Waals surface area contributed by atoms with Crippen molar-refractivity contribution in [1.29, 1.82) is 0 Å². The smallest absolute Gasteiger partial charge is 0.122 e. The Kier molecular flexibility index (Phi) is 5.66. The molecule has 0 fully saturated rings. The Hall–Kier alpha value is -1.98. The van der Waals surface area contributed by atoms with Gasteiger partial charge in [0, 0.05) is 19.3 Å². The van der Waals surface area contributed by atoms with E-state index in [0.717, 1.165) is 17.0 Å². The van der Waals surface area contributed by atoms with Gasteiger partial charge in [0.25, 0.3) is 0 Å². The Morgan fingerprint density at radius 1 is 1.29 bits per heavy atom. The molecule has 0 saturated heterocycles. The van der Waals surface area contributed by atoms with E-state index in [1.54, 1.807) is 6.20 Å². The maximum absolute atomic E-state index is 9.91. The highest BCUT2D eigenvalue weighted by molar-refractivity contribution is 5.35. The molecular weight excluding hydrogens is 266 g/mol. The number of aliphatic hydroxyl groups excluding tert-OH is 1. The molecule has 2 rings (SSSR count).